The molecule has 1 aliphatic heterocycles. The van der Waals surface area contributed by atoms with E-state index in [-0.39, 0.29) is 6.04 Å². The molecule has 1 unspecified atom stereocenters. The summed E-state index contributed by atoms with van der Waals surface area (Å²) in [5, 5.41) is 12.9. The number of hydrogen-bond acceptors (Lipinski definition) is 1. The summed E-state index contributed by atoms with van der Waals surface area (Å²) >= 11 is 1.88. The molecule has 0 spiro atoms. The van der Waals surface area contributed by atoms with Gasteiger partial charge >= 0.3 is 0 Å². The molecule has 1 aliphatic rings. The average molecular weight is 745 g/mol. The van der Waals surface area contributed by atoms with Crippen LogP contribution in [0, 0.1) is 0 Å². The number of thiophene rings is 1. The highest BCUT2D eigenvalue weighted by molar-refractivity contribution is 7.26. The fraction of sp³-hybridized carbons (Fsp3) is 0.0189. The van der Waals surface area contributed by atoms with Gasteiger partial charge in [-0.05, 0) is 53.6 Å². The van der Waals surface area contributed by atoms with Gasteiger partial charge in [-0.25, -0.2) is 0 Å². The fourth-order valence-electron chi connectivity index (χ4n) is 9.15. The second kappa shape index (κ2) is 12.7. The van der Waals surface area contributed by atoms with Gasteiger partial charge < -0.3 is 14.5 Å². The van der Waals surface area contributed by atoms with Gasteiger partial charge in [0.15, 0.2) is 0 Å². The molecule has 0 aliphatic carbocycles. The summed E-state index contributed by atoms with van der Waals surface area (Å²) < 4.78 is 7.51. The summed E-state index contributed by atoms with van der Waals surface area (Å²) in [6.07, 6.45) is 4.62. The van der Waals surface area contributed by atoms with Gasteiger partial charge in [0.05, 0.1) is 22.1 Å². The Kier molecular flexibility index (Phi) is 7.16. The molecule has 4 heteroatoms. The minimum atomic E-state index is -0.125. The number of aromatic nitrogens is 2. The van der Waals surface area contributed by atoms with Crippen LogP contribution in [0.1, 0.15) is 17.2 Å². The van der Waals surface area contributed by atoms with Crippen molar-refractivity contribution in [2.24, 2.45) is 0 Å². The lowest BCUT2D eigenvalue weighted by molar-refractivity contribution is 1.02. The summed E-state index contributed by atoms with van der Waals surface area (Å²) in [4.78, 5) is 0. The standard InChI is InChI=1S/C53H34N3S/c1-4-15-34(16-5-1)45-32-38(33-46(54-45)35-17-6-2-7-18-35)56-48-26-13-11-22-41(48)43-28-30-50-51(53(43)56)44-31-36(27-29-49(44)57-50)39-23-14-24-42-40-21-10-12-25-47(40)55(52(39)42)37-19-8-3-9-20-37/h1-33,45H/q-1. The van der Waals surface area contributed by atoms with Gasteiger partial charge in [-0.3, -0.25) is 0 Å². The van der Waals surface area contributed by atoms with E-state index in [9.17, 15) is 0 Å². The molecule has 1 atom stereocenters. The fourth-order valence-corrected chi connectivity index (χ4v) is 10.2. The van der Waals surface area contributed by atoms with Crippen LogP contribution >= 0.6 is 11.3 Å². The zero-order chi connectivity index (χ0) is 37.5. The van der Waals surface area contributed by atoms with Crippen LogP contribution in [0.5, 0.6) is 0 Å². The minimum Gasteiger partial charge on any atom is -0.674 e. The largest absolute Gasteiger partial charge is 0.674 e. The Bertz CT molecular complexity index is 3420. The van der Waals surface area contributed by atoms with Crippen molar-refractivity contribution in [3.8, 4) is 16.8 Å². The predicted molar refractivity (Wildman–Crippen MR) is 243 cm³/mol. The van der Waals surface area contributed by atoms with Crippen molar-refractivity contribution in [3.63, 3.8) is 0 Å². The second-order valence-corrected chi connectivity index (χ2v) is 15.9. The molecule has 0 bridgehead atoms. The first-order chi connectivity index (χ1) is 28.3. The first kappa shape index (κ1) is 32.1. The molecule has 12 rings (SSSR count). The normalized spacial score (nSPS) is 14.5. The van der Waals surface area contributed by atoms with Crippen molar-refractivity contribution < 1.29 is 0 Å². The van der Waals surface area contributed by atoms with Crippen molar-refractivity contribution >= 4 is 86.5 Å². The first-order valence-corrected chi connectivity index (χ1v) is 20.3. The van der Waals surface area contributed by atoms with Crippen molar-refractivity contribution in [3.05, 3.63) is 217 Å². The molecule has 268 valence electrons. The van der Waals surface area contributed by atoms with Crippen LogP contribution in [0.15, 0.2) is 200 Å². The monoisotopic (exact) mass is 744 g/mol. The Morgan fingerprint density at radius 2 is 1.09 bits per heavy atom. The molecule has 8 aromatic carbocycles. The van der Waals surface area contributed by atoms with Gasteiger partial charge in [-0.1, -0.05) is 169 Å². The van der Waals surface area contributed by atoms with Crippen LogP contribution in [0.4, 0.5) is 0 Å². The zero-order valence-electron chi connectivity index (χ0n) is 30.9. The maximum absolute atomic E-state index is 5.33. The van der Waals surface area contributed by atoms with Crippen LogP contribution in [0.25, 0.3) is 97.3 Å². The molecule has 0 saturated heterocycles. The molecule has 11 aromatic rings. The summed E-state index contributed by atoms with van der Waals surface area (Å²) in [5.41, 5.74) is 12.9. The Morgan fingerprint density at radius 3 is 1.86 bits per heavy atom. The Labute approximate surface area is 333 Å². The molecule has 0 fully saturated rings. The number of fused-ring (bicyclic) bond motifs is 10. The van der Waals surface area contributed by atoms with E-state index >= 15 is 0 Å². The first-order valence-electron chi connectivity index (χ1n) is 19.5. The van der Waals surface area contributed by atoms with E-state index in [1.807, 2.05) is 11.3 Å². The van der Waals surface area contributed by atoms with Crippen LogP contribution in [-0.2, 0) is 0 Å². The van der Waals surface area contributed by atoms with E-state index in [2.05, 4.69) is 209 Å². The van der Waals surface area contributed by atoms with Gasteiger partial charge in [0, 0.05) is 58.7 Å². The topological polar surface area (TPSA) is 24.0 Å². The summed E-state index contributed by atoms with van der Waals surface area (Å²) in [6, 6.07) is 68.1. The molecule has 0 amide bonds. The Hall–Kier alpha value is -7.14. The average Bonchev–Trinajstić information content (AvgIpc) is 3.94. The lowest BCUT2D eigenvalue weighted by Gasteiger charge is -2.38. The number of hydrogen-bond donors (Lipinski definition) is 0. The number of nitrogens with zero attached hydrogens (tertiary/aromatic N) is 3. The highest BCUT2D eigenvalue weighted by Gasteiger charge is 2.22. The lowest BCUT2D eigenvalue weighted by atomic mass is 9.98. The maximum atomic E-state index is 5.33. The van der Waals surface area contributed by atoms with Gasteiger partial charge in [0.1, 0.15) is 0 Å². The predicted octanol–water partition coefficient (Wildman–Crippen LogP) is 14.9. The van der Waals surface area contributed by atoms with E-state index in [1.165, 1.54) is 80.5 Å². The summed E-state index contributed by atoms with van der Waals surface area (Å²) in [5.74, 6) is 0. The molecule has 0 radical (unpaired) electrons. The van der Waals surface area contributed by atoms with Crippen molar-refractivity contribution in [1.82, 2.24) is 9.13 Å². The lowest BCUT2D eigenvalue weighted by Crippen LogP contribution is -2.06. The minimum absolute atomic E-state index is 0.125. The van der Waals surface area contributed by atoms with Crippen LogP contribution < -0.4 is 0 Å². The van der Waals surface area contributed by atoms with Crippen LogP contribution in [-0.4, -0.2) is 9.13 Å². The number of para-hydroxylation sites is 4. The SMILES string of the molecule is C1=C(c2ccccc2)[N-]C(c2ccccc2)C=C1n1c2ccccc2c2ccc3sc4ccc(-c5cccc6c7ccccc7n(-c7ccccc7)c56)cc4c3c21. The number of rotatable bonds is 5. The van der Waals surface area contributed by atoms with Crippen molar-refractivity contribution in [2.75, 3.05) is 0 Å². The zero-order valence-corrected chi connectivity index (χ0v) is 31.7. The van der Waals surface area contributed by atoms with E-state index < -0.39 is 0 Å². The van der Waals surface area contributed by atoms with E-state index in [0.717, 1.165) is 22.6 Å². The van der Waals surface area contributed by atoms with E-state index in [0.29, 0.717) is 0 Å². The molecular formula is C53H34N3S-. The highest BCUT2D eigenvalue weighted by Crippen LogP contribution is 2.47. The quantitative estimate of drug-likeness (QED) is 0.168. The summed E-state index contributed by atoms with van der Waals surface area (Å²) in [7, 11) is 0. The molecular weight excluding hydrogens is 711 g/mol. The molecule has 0 saturated carbocycles. The highest BCUT2D eigenvalue weighted by atomic mass is 32.1. The molecule has 4 heterocycles. The number of benzene rings is 8. The maximum Gasteiger partial charge on any atom is 0.0634 e. The third-order valence-corrected chi connectivity index (χ3v) is 12.8. The molecule has 57 heavy (non-hydrogen) atoms. The van der Waals surface area contributed by atoms with E-state index in [4.69, 9.17) is 5.32 Å². The Balaban J connectivity index is 1.15. The van der Waals surface area contributed by atoms with Crippen LogP contribution in [0.2, 0.25) is 0 Å². The Morgan fingerprint density at radius 1 is 0.456 bits per heavy atom. The van der Waals surface area contributed by atoms with Gasteiger partial charge in [0.2, 0.25) is 0 Å². The number of allylic oxidation sites excluding steroid dienone is 2. The van der Waals surface area contributed by atoms with Crippen molar-refractivity contribution in [1.29, 1.82) is 0 Å². The second-order valence-electron chi connectivity index (χ2n) is 14.9. The smallest absolute Gasteiger partial charge is 0.0634 e. The molecule has 0 N–H and O–H groups in total. The summed E-state index contributed by atoms with van der Waals surface area (Å²) in [6.45, 7) is 0. The third-order valence-electron chi connectivity index (χ3n) is 11.6. The molecule has 3 aromatic heterocycles. The van der Waals surface area contributed by atoms with Crippen molar-refractivity contribution in [2.45, 2.75) is 6.04 Å². The van der Waals surface area contributed by atoms with E-state index in [1.54, 1.807) is 0 Å². The van der Waals surface area contributed by atoms with Crippen LogP contribution in [0.3, 0.4) is 0 Å². The van der Waals surface area contributed by atoms with Gasteiger partial charge in [-0.2, -0.15) is 0 Å². The third kappa shape index (κ3) is 4.97. The van der Waals surface area contributed by atoms with Gasteiger partial charge in [-0.15, -0.1) is 17.0 Å². The van der Waals surface area contributed by atoms with Gasteiger partial charge in [0.25, 0.3) is 0 Å². The molecule has 3 nitrogen and oxygen atoms in total.